The van der Waals surface area contributed by atoms with E-state index in [4.69, 9.17) is 9.47 Å². The van der Waals surface area contributed by atoms with Crippen molar-refractivity contribution in [3.63, 3.8) is 0 Å². The quantitative estimate of drug-likeness (QED) is 0.687. The number of nitrogens with zero attached hydrogens (tertiary/aromatic N) is 1. The molecule has 1 rings (SSSR count). The third-order valence-corrected chi connectivity index (χ3v) is 5.12. The van der Waals surface area contributed by atoms with E-state index in [1.165, 1.54) is 12.1 Å². The van der Waals surface area contributed by atoms with Crippen molar-refractivity contribution in [2.24, 2.45) is 0 Å². The largest absolute Gasteiger partial charge is 0.490 e. The average molecular weight is 358 g/mol. The van der Waals surface area contributed by atoms with Crippen molar-refractivity contribution in [1.29, 1.82) is 0 Å². The van der Waals surface area contributed by atoms with Crippen LogP contribution in [0.3, 0.4) is 0 Å². The first-order valence-electron chi connectivity index (χ1n) is 8.07. The third-order valence-electron chi connectivity index (χ3n) is 3.20. The monoisotopic (exact) mass is 358 g/mol. The maximum Gasteiger partial charge on any atom is 0.243 e. The zero-order valence-corrected chi connectivity index (χ0v) is 15.5. The molecule has 0 fully saturated rings. The number of benzene rings is 1. The van der Waals surface area contributed by atoms with Crippen LogP contribution in [-0.2, 0) is 14.8 Å². The predicted molar refractivity (Wildman–Crippen MR) is 91.9 cm³/mol. The fourth-order valence-electron chi connectivity index (χ4n) is 2.12. The van der Waals surface area contributed by atoms with Gasteiger partial charge < -0.3 is 14.8 Å². The Morgan fingerprint density at radius 1 is 1.08 bits per heavy atom. The molecule has 0 radical (unpaired) electrons. The summed E-state index contributed by atoms with van der Waals surface area (Å²) in [6, 6.07) is 4.47. The van der Waals surface area contributed by atoms with E-state index in [-0.39, 0.29) is 23.9 Å². The second kappa shape index (κ2) is 9.48. The molecule has 0 aliphatic heterocycles. The summed E-state index contributed by atoms with van der Waals surface area (Å²) >= 11 is 0. The van der Waals surface area contributed by atoms with E-state index >= 15 is 0 Å². The van der Waals surface area contributed by atoms with E-state index in [2.05, 4.69) is 5.32 Å². The minimum atomic E-state index is -3.80. The van der Waals surface area contributed by atoms with E-state index < -0.39 is 10.0 Å². The minimum absolute atomic E-state index is 0.0700. The Morgan fingerprint density at radius 2 is 1.71 bits per heavy atom. The van der Waals surface area contributed by atoms with Crippen LogP contribution in [0, 0.1) is 0 Å². The lowest BCUT2D eigenvalue weighted by Crippen LogP contribution is -2.40. The van der Waals surface area contributed by atoms with Crippen molar-refractivity contribution >= 4 is 15.9 Å². The summed E-state index contributed by atoms with van der Waals surface area (Å²) < 4.78 is 37.6. The highest BCUT2D eigenvalue weighted by atomic mass is 32.2. The summed E-state index contributed by atoms with van der Waals surface area (Å²) in [6.45, 7) is 8.38. The molecule has 24 heavy (non-hydrogen) atoms. The number of rotatable bonds is 10. The zero-order valence-electron chi connectivity index (χ0n) is 14.7. The number of carbonyl (C=O) groups is 1. The average Bonchev–Trinajstić information content (AvgIpc) is 2.54. The molecule has 7 nitrogen and oxygen atoms in total. The van der Waals surface area contributed by atoms with Crippen LogP contribution in [0.25, 0.3) is 0 Å². The Kier molecular flexibility index (Phi) is 8.00. The number of ether oxygens (including phenoxy) is 2. The van der Waals surface area contributed by atoms with Crippen LogP contribution < -0.4 is 14.8 Å². The molecule has 0 heterocycles. The van der Waals surface area contributed by atoms with Crippen molar-refractivity contribution in [3.8, 4) is 11.5 Å². The molecule has 0 spiro atoms. The first-order chi connectivity index (χ1) is 11.4. The minimum Gasteiger partial charge on any atom is -0.490 e. The fraction of sp³-hybridized carbons (Fsp3) is 0.562. The fourth-order valence-corrected chi connectivity index (χ4v) is 3.54. The molecule has 0 bridgehead atoms. The van der Waals surface area contributed by atoms with Gasteiger partial charge in [-0.3, -0.25) is 4.79 Å². The number of likely N-dealkylation sites (N-methyl/N-ethyl adjacent to an activating group) is 2. The number of hydrogen-bond acceptors (Lipinski definition) is 5. The van der Waals surface area contributed by atoms with Crippen LogP contribution in [0.5, 0.6) is 11.5 Å². The number of nitrogens with one attached hydrogen (secondary N) is 1. The van der Waals surface area contributed by atoms with Crippen LogP contribution in [0.15, 0.2) is 23.1 Å². The molecule has 0 saturated carbocycles. The molecule has 136 valence electrons. The van der Waals surface area contributed by atoms with Gasteiger partial charge in [0.1, 0.15) is 0 Å². The van der Waals surface area contributed by atoms with Gasteiger partial charge in [-0.2, -0.15) is 4.31 Å². The molecule has 0 unspecified atom stereocenters. The number of amides is 1. The number of hydrogen-bond donors (Lipinski definition) is 1. The SMILES string of the molecule is CCNC(=O)CN(CC)S(=O)(=O)c1ccc(OCC)c(OCC)c1. The van der Waals surface area contributed by atoms with Gasteiger partial charge in [-0.05, 0) is 32.9 Å². The molecule has 0 aliphatic carbocycles. The van der Waals surface area contributed by atoms with Gasteiger partial charge in [0, 0.05) is 19.2 Å². The lowest BCUT2D eigenvalue weighted by atomic mass is 10.3. The molecule has 0 atom stereocenters. The summed E-state index contributed by atoms with van der Waals surface area (Å²) in [5.41, 5.74) is 0. The molecule has 8 heteroatoms. The lowest BCUT2D eigenvalue weighted by molar-refractivity contribution is -0.121. The molecule has 0 aromatic heterocycles. The normalized spacial score (nSPS) is 11.4. The maximum atomic E-state index is 12.8. The Morgan fingerprint density at radius 3 is 2.25 bits per heavy atom. The Labute approximate surface area is 144 Å². The van der Waals surface area contributed by atoms with Gasteiger partial charge in [0.05, 0.1) is 24.7 Å². The number of carbonyl (C=O) groups excluding carboxylic acids is 1. The smallest absolute Gasteiger partial charge is 0.243 e. The van der Waals surface area contributed by atoms with Gasteiger partial charge >= 0.3 is 0 Å². The number of sulfonamides is 1. The van der Waals surface area contributed by atoms with Crippen molar-refractivity contribution < 1.29 is 22.7 Å². The van der Waals surface area contributed by atoms with E-state index in [1.54, 1.807) is 19.9 Å². The molecule has 1 N–H and O–H groups in total. The summed E-state index contributed by atoms with van der Waals surface area (Å²) in [5.74, 6) is 0.526. The topological polar surface area (TPSA) is 84.9 Å². The second-order valence-corrected chi connectivity index (χ2v) is 6.80. The molecular weight excluding hydrogens is 332 g/mol. The van der Waals surface area contributed by atoms with Crippen molar-refractivity contribution in [2.75, 3.05) is 32.8 Å². The molecular formula is C16H26N2O5S. The van der Waals surface area contributed by atoms with Crippen molar-refractivity contribution in [1.82, 2.24) is 9.62 Å². The van der Waals surface area contributed by atoms with Gasteiger partial charge in [-0.15, -0.1) is 0 Å². The predicted octanol–water partition coefficient (Wildman–Crippen LogP) is 1.63. The highest BCUT2D eigenvalue weighted by molar-refractivity contribution is 7.89. The van der Waals surface area contributed by atoms with Gasteiger partial charge in [-0.1, -0.05) is 6.92 Å². The third kappa shape index (κ3) is 5.10. The molecule has 1 aromatic rings. The van der Waals surface area contributed by atoms with Gasteiger partial charge in [0.15, 0.2) is 11.5 Å². The second-order valence-electron chi connectivity index (χ2n) is 4.86. The van der Waals surface area contributed by atoms with Crippen molar-refractivity contribution in [3.05, 3.63) is 18.2 Å². The summed E-state index contributed by atoms with van der Waals surface area (Å²) in [7, 11) is -3.80. The van der Waals surface area contributed by atoms with Gasteiger partial charge in [0.2, 0.25) is 15.9 Å². The van der Waals surface area contributed by atoms with E-state index in [0.717, 1.165) is 4.31 Å². The van der Waals surface area contributed by atoms with E-state index in [9.17, 15) is 13.2 Å². The summed E-state index contributed by atoms with van der Waals surface area (Å²) in [4.78, 5) is 11.8. The van der Waals surface area contributed by atoms with Crippen molar-refractivity contribution in [2.45, 2.75) is 32.6 Å². The zero-order chi connectivity index (χ0) is 18.2. The van der Waals surface area contributed by atoms with Gasteiger partial charge in [-0.25, -0.2) is 8.42 Å². The molecule has 0 aliphatic rings. The highest BCUT2D eigenvalue weighted by Crippen LogP contribution is 2.31. The first kappa shape index (κ1) is 20.2. The molecule has 0 saturated heterocycles. The van der Waals surface area contributed by atoms with Crippen LogP contribution in [0.2, 0.25) is 0 Å². The highest BCUT2D eigenvalue weighted by Gasteiger charge is 2.26. The van der Waals surface area contributed by atoms with Crippen LogP contribution in [0.1, 0.15) is 27.7 Å². The van der Waals surface area contributed by atoms with Gasteiger partial charge in [0.25, 0.3) is 0 Å². The Balaban J connectivity index is 3.15. The van der Waals surface area contributed by atoms with E-state index in [1.807, 2.05) is 13.8 Å². The molecule has 1 amide bonds. The van der Waals surface area contributed by atoms with Crippen LogP contribution >= 0.6 is 0 Å². The standard InChI is InChI=1S/C16H26N2O5S/c1-5-17-16(19)12-18(6-2)24(20,21)13-9-10-14(22-7-3)15(11-13)23-8-4/h9-11H,5-8,12H2,1-4H3,(H,17,19). The molecule has 1 aromatic carbocycles. The maximum absolute atomic E-state index is 12.8. The van der Waals surface area contributed by atoms with Crippen LogP contribution in [-0.4, -0.2) is 51.5 Å². The van der Waals surface area contributed by atoms with E-state index in [0.29, 0.717) is 31.3 Å². The summed E-state index contributed by atoms with van der Waals surface area (Å²) in [6.07, 6.45) is 0. The Hall–Kier alpha value is -1.80. The lowest BCUT2D eigenvalue weighted by Gasteiger charge is -2.21. The van der Waals surface area contributed by atoms with Crippen LogP contribution in [0.4, 0.5) is 0 Å². The Bertz CT molecular complexity index is 646. The summed E-state index contributed by atoms with van der Waals surface area (Å²) in [5, 5.41) is 2.60. The first-order valence-corrected chi connectivity index (χ1v) is 9.51.